The van der Waals surface area contributed by atoms with Crippen LogP contribution in [0.2, 0.25) is 0 Å². The lowest BCUT2D eigenvalue weighted by Gasteiger charge is -2.19. The number of nitrogens with one attached hydrogen (secondary N) is 1. The van der Waals surface area contributed by atoms with Gasteiger partial charge in [0.1, 0.15) is 13.2 Å². The van der Waals surface area contributed by atoms with E-state index >= 15 is 0 Å². The Morgan fingerprint density at radius 1 is 1.33 bits per heavy atom. The Morgan fingerprint density at radius 2 is 2.11 bits per heavy atom. The number of fused-ring (bicyclic) bond motifs is 1. The molecule has 18 heavy (non-hydrogen) atoms. The molecule has 1 aromatic rings. The lowest BCUT2D eigenvalue weighted by atomic mass is 10.2. The standard InChI is InChI=1S/C13H19NO3S/c1-14-10(4-5-15)9-18-11-2-3-12-13(8-11)17-7-6-16-12/h2-3,8,10,14-15H,4-7,9H2,1H3. The van der Waals surface area contributed by atoms with Crippen LogP contribution in [0.15, 0.2) is 23.1 Å². The Bertz CT molecular complexity index is 386. The van der Waals surface area contributed by atoms with Crippen molar-refractivity contribution in [3.05, 3.63) is 18.2 Å². The second kappa shape index (κ2) is 6.87. The van der Waals surface area contributed by atoms with Gasteiger partial charge in [0.25, 0.3) is 0 Å². The number of ether oxygens (including phenoxy) is 2. The van der Waals surface area contributed by atoms with E-state index in [4.69, 9.17) is 14.6 Å². The third-order valence-electron chi connectivity index (χ3n) is 2.85. The van der Waals surface area contributed by atoms with Crippen molar-refractivity contribution < 1.29 is 14.6 Å². The molecule has 0 aliphatic carbocycles. The minimum atomic E-state index is 0.215. The predicted octanol–water partition coefficient (Wildman–Crippen LogP) is 1.52. The summed E-state index contributed by atoms with van der Waals surface area (Å²) >= 11 is 1.76. The molecule has 2 rings (SSSR count). The van der Waals surface area contributed by atoms with Gasteiger partial charge in [0.15, 0.2) is 11.5 Å². The highest BCUT2D eigenvalue weighted by atomic mass is 32.2. The molecule has 1 heterocycles. The third-order valence-corrected chi connectivity index (χ3v) is 4.01. The van der Waals surface area contributed by atoms with Gasteiger partial charge in [-0.2, -0.15) is 0 Å². The highest BCUT2D eigenvalue weighted by Gasteiger charge is 2.12. The maximum absolute atomic E-state index is 8.94. The van der Waals surface area contributed by atoms with E-state index in [9.17, 15) is 0 Å². The highest BCUT2D eigenvalue weighted by molar-refractivity contribution is 7.99. The number of hydrogen-bond acceptors (Lipinski definition) is 5. The van der Waals surface area contributed by atoms with E-state index in [0.717, 1.165) is 28.6 Å². The van der Waals surface area contributed by atoms with Crippen molar-refractivity contribution in [1.29, 1.82) is 0 Å². The molecule has 5 heteroatoms. The first-order valence-corrected chi connectivity index (χ1v) is 7.12. The van der Waals surface area contributed by atoms with Crippen LogP contribution in [0.1, 0.15) is 6.42 Å². The smallest absolute Gasteiger partial charge is 0.162 e. The van der Waals surface area contributed by atoms with Gasteiger partial charge in [0, 0.05) is 23.3 Å². The number of aliphatic hydroxyl groups is 1. The Kier molecular flexibility index (Phi) is 5.16. The summed E-state index contributed by atoms with van der Waals surface area (Å²) in [7, 11) is 1.92. The third kappa shape index (κ3) is 3.54. The SMILES string of the molecule is CNC(CCO)CSc1ccc2c(c1)OCCO2. The quantitative estimate of drug-likeness (QED) is 0.767. The lowest BCUT2D eigenvalue weighted by molar-refractivity contribution is 0.171. The first-order chi connectivity index (χ1) is 8.83. The highest BCUT2D eigenvalue weighted by Crippen LogP contribution is 2.34. The number of benzene rings is 1. The van der Waals surface area contributed by atoms with E-state index in [-0.39, 0.29) is 6.61 Å². The Labute approximate surface area is 112 Å². The number of hydrogen-bond donors (Lipinski definition) is 2. The Morgan fingerprint density at radius 3 is 2.83 bits per heavy atom. The molecule has 0 radical (unpaired) electrons. The van der Waals surface area contributed by atoms with Crippen molar-refractivity contribution in [1.82, 2.24) is 5.32 Å². The van der Waals surface area contributed by atoms with Crippen molar-refractivity contribution in [2.45, 2.75) is 17.4 Å². The van der Waals surface area contributed by atoms with Crippen LogP contribution < -0.4 is 14.8 Å². The van der Waals surface area contributed by atoms with Crippen LogP contribution in [0.3, 0.4) is 0 Å². The molecule has 0 saturated carbocycles. The molecule has 0 aromatic heterocycles. The number of thioether (sulfide) groups is 1. The molecule has 1 atom stereocenters. The molecule has 0 fully saturated rings. The fourth-order valence-corrected chi connectivity index (χ4v) is 2.86. The van der Waals surface area contributed by atoms with Crippen LogP contribution in [0.25, 0.3) is 0 Å². The second-order valence-corrected chi connectivity index (χ2v) is 5.21. The summed E-state index contributed by atoms with van der Waals surface area (Å²) in [4.78, 5) is 1.16. The zero-order valence-corrected chi connectivity index (χ0v) is 11.3. The molecule has 0 saturated heterocycles. The van der Waals surface area contributed by atoms with Crippen molar-refractivity contribution in [3.8, 4) is 11.5 Å². The van der Waals surface area contributed by atoms with Gasteiger partial charge in [-0.3, -0.25) is 0 Å². The summed E-state index contributed by atoms with van der Waals surface area (Å²) in [6, 6.07) is 6.35. The van der Waals surface area contributed by atoms with Crippen LogP contribution in [0.5, 0.6) is 11.5 Å². The Hall–Kier alpha value is -0.910. The van der Waals surface area contributed by atoms with Gasteiger partial charge >= 0.3 is 0 Å². The zero-order chi connectivity index (χ0) is 12.8. The first kappa shape index (κ1) is 13.5. The van der Waals surface area contributed by atoms with Crippen molar-refractivity contribution in [2.24, 2.45) is 0 Å². The van der Waals surface area contributed by atoms with E-state index in [0.29, 0.717) is 19.3 Å². The van der Waals surface area contributed by atoms with Crippen LogP contribution in [0.4, 0.5) is 0 Å². The first-order valence-electron chi connectivity index (χ1n) is 6.14. The van der Waals surface area contributed by atoms with Crippen LogP contribution >= 0.6 is 11.8 Å². The van der Waals surface area contributed by atoms with E-state index in [1.165, 1.54) is 0 Å². The minimum Gasteiger partial charge on any atom is -0.486 e. The monoisotopic (exact) mass is 269 g/mol. The predicted molar refractivity (Wildman–Crippen MR) is 72.7 cm³/mol. The van der Waals surface area contributed by atoms with Gasteiger partial charge in [0.2, 0.25) is 0 Å². The van der Waals surface area contributed by atoms with Gasteiger partial charge in [-0.05, 0) is 31.7 Å². The van der Waals surface area contributed by atoms with Gasteiger partial charge in [-0.1, -0.05) is 0 Å². The molecule has 1 aliphatic rings. The maximum atomic E-state index is 8.94. The molecule has 1 unspecified atom stereocenters. The average molecular weight is 269 g/mol. The second-order valence-electron chi connectivity index (χ2n) is 4.11. The molecule has 4 nitrogen and oxygen atoms in total. The van der Waals surface area contributed by atoms with Gasteiger partial charge in [0.05, 0.1) is 0 Å². The number of rotatable bonds is 6. The molecule has 1 aromatic carbocycles. The lowest BCUT2D eigenvalue weighted by Crippen LogP contribution is -2.28. The molecule has 2 N–H and O–H groups in total. The maximum Gasteiger partial charge on any atom is 0.162 e. The van der Waals surface area contributed by atoms with Gasteiger partial charge in [-0.25, -0.2) is 0 Å². The molecule has 100 valence electrons. The largest absolute Gasteiger partial charge is 0.486 e. The van der Waals surface area contributed by atoms with Gasteiger partial charge < -0.3 is 19.9 Å². The summed E-state index contributed by atoms with van der Waals surface area (Å²) in [6.45, 7) is 1.45. The molecule has 0 bridgehead atoms. The normalized spacial score (nSPS) is 15.4. The van der Waals surface area contributed by atoms with Crippen LogP contribution in [-0.2, 0) is 0 Å². The summed E-state index contributed by atoms with van der Waals surface area (Å²) in [5.41, 5.74) is 0. The van der Waals surface area contributed by atoms with Crippen LogP contribution in [0, 0.1) is 0 Å². The van der Waals surface area contributed by atoms with Crippen molar-refractivity contribution >= 4 is 11.8 Å². The summed E-state index contributed by atoms with van der Waals surface area (Å²) in [5.74, 6) is 2.58. The molecule has 0 amide bonds. The summed E-state index contributed by atoms with van der Waals surface area (Å²) in [6.07, 6.45) is 0.772. The van der Waals surface area contributed by atoms with E-state index in [1.807, 2.05) is 25.2 Å². The van der Waals surface area contributed by atoms with Gasteiger partial charge in [-0.15, -0.1) is 11.8 Å². The van der Waals surface area contributed by atoms with Crippen LogP contribution in [-0.4, -0.2) is 43.8 Å². The number of aliphatic hydroxyl groups excluding tert-OH is 1. The Balaban J connectivity index is 1.93. The molecule has 1 aliphatic heterocycles. The molecular formula is C13H19NO3S. The molecule has 0 spiro atoms. The van der Waals surface area contributed by atoms with Crippen molar-refractivity contribution in [3.63, 3.8) is 0 Å². The fraction of sp³-hybridized carbons (Fsp3) is 0.538. The minimum absolute atomic E-state index is 0.215. The molecular weight excluding hydrogens is 250 g/mol. The zero-order valence-electron chi connectivity index (χ0n) is 10.5. The van der Waals surface area contributed by atoms with E-state index in [2.05, 4.69) is 5.32 Å². The van der Waals surface area contributed by atoms with Crippen molar-refractivity contribution in [2.75, 3.05) is 32.6 Å². The summed E-state index contributed by atoms with van der Waals surface area (Å²) < 4.78 is 11.0. The summed E-state index contributed by atoms with van der Waals surface area (Å²) in [5, 5.41) is 12.1. The van der Waals surface area contributed by atoms with E-state index < -0.39 is 0 Å². The van der Waals surface area contributed by atoms with E-state index in [1.54, 1.807) is 11.8 Å². The fourth-order valence-electron chi connectivity index (χ4n) is 1.78. The topological polar surface area (TPSA) is 50.7 Å². The average Bonchev–Trinajstić information content (AvgIpc) is 2.43.